The first-order valence-electron chi connectivity index (χ1n) is 6.89. The van der Waals surface area contributed by atoms with E-state index in [1.54, 1.807) is 7.05 Å². The van der Waals surface area contributed by atoms with Crippen molar-refractivity contribution in [1.82, 2.24) is 10.6 Å². The van der Waals surface area contributed by atoms with Crippen LogP contribution in [-0.4, -0.2) is 25.3 Å². The summed E-state index contributed by atoms with van der Waals surface area (Å²) in [6.45, 7) is 4.18. The van der Waals surface area contributed by atoms with E-state index in [2.05, 4.69) is 41.8 Å². The molecule has 19 heavy (non-hydrogen) atoms. The second-order valence-electron chi connectivity index (χ2n) is 4.45. The van der Waals surface area contributed by atoms with Crippen LogP contribution in [0.15, 0.2) is 29.2 Å². The zero-order valence-electron chi connectivity index (χ0n) is 11.9. The first kappa shape index (κ1) is 16.1. The van der Waals surface area contributed by atoms with Gasteiger partial charge in [0.15, 0.2) is 0 Å². The summed E-state index contributed by atoms with van der Waals surface area (Å²) in [7, 11) is 1.68. The number of carbonyl (C=O) groups is 1. The maximum atomic E-state index is 11.1. The zero-order valence-corrected chi connectivity index (χ0v) is 12.7. The van der Waals surface area contributed by atoms with Crippen LogP contribution in [0.4, 0.5) is 0 Å². The van der Waals surface area contributed by atoms with E-state index < -0.39 is 0 Å². The number of hydrogen-bond donors (Lipinski definition) is 2. The van der Waals surface area contributed by atoms with Crippen molar-refractivity contribution >= 4 is 17.7 Å². The van der Waals surface area contributed by atoms with Crippen molar-refractivity contribution < 1.29 is 4.79 Å². The molecule has 4 heteroatoms. The largest absolute Gasteiger partial charge is 0.359 e. The predicted molar refractivity (Wildman–Crippen MR) is 82.5 cm³/mol. The lowest BCUT2D eigenvalue weighted by molar-refractivity contribution is -0.120. The predicted octanol–water partition coefficient (Wildman–Crippen LogP) is 2.80. The summed E-state index contributed by atoms with van der Waals surface area (Å²) in [6, 6.07) is 8.66. The summed E-state index contributed by atoms with van der Waals surface area (Å²) >= 11 is 1.81. The molecule has 0 aliphatic carbocycles. The Labute approximate surface area is 120 Å². The third-order valence-corrected chi connectivity index (χ3v) is 3.87. The lowest BCUT2D eigenvalue weighted by Gasteiger charge is -2.05. The molecule has 3 nitrogen and oxygen atoms in total. The standard InChI is InChI=1S/C15H24N2OS/c1-3-10-17-12-13-6-8-14(9-7-13)19-11-4-5-15(18)16-2/h6-9,17H,3-5,10-12H2,1-2H3,(H,16,18). The average Bonchev–Trinajstić information content (AvgIpc) is 2.45. The van der Waals surface area contributed by atoms with E-state index in [0.717, 1.165) is 25.3 Å². The molecule has 0 atom stereocenters. The summed E-state index contributed by atoms with van der Waals surface area (Å²) in [5, 5.41) is 6.03. The van der Waals surface area contributed by atoms with Crippen molar-refractivity contribution in [1.29, 1.82) is 0 Å². The van der Waals surface area contributed by atoms with Gasteiger partial charge in [-0.2, -0.15) is 0 Å². The summed E-state index contributed by atoms with van der Waals surface area (Å²) in [6.07, 6.45) is 2.70. The first-order chi connectivity index (χ1) is 9.26. The SMILES string of the molecule is CCCNCc1ccc(SCCCC(=O)NC)cc1. The smallest absolute Gasteiger partial charge is 0.219 e. The molecule has 0 aliphatic heterocycles. The van der Waals surface area contributed by atoms with Gasteiger partial charge in [0.05, 0.1) is 0 Å². The van der Waals surface area contributed by atoms with Crippen LogP contribution in [0.3, 0.4) is 0 Å². The Morgan fingerprint density at radius 2 is 2.00 bits per heavy atom. The molecule has 106 valence electrons. The maximum absolute atomic E-state index is 11.1. The molecule has 0 heterocycles. The second-order valence-corrected chi connectivity index (χ2v) is 5.61. The first-order valence-corrected chi connectivity index (χ1v) is 7.88. The second kappa shape index (κ2) is 9.87. The Morgan fingerprint density at radius 3 is 2.63 bits per heavy atom. The van der Waals surface area contributed by atoms with E-state index in [0.29, 0.717) is 6.42 Å². The molecular formula is C15H24N2OS. The molecule has 1 aromatic carbocycles. The van der Waals surface area contributed by atoms with Crippen LogP contribution < -0.4 is 10.6 Å². The number of nitrogens with one attached hydrogen (secondary N) is 2. The van der Waals surface area contributed by atoms with Crippen LogP contribution in [0.2, 0.25) is 0 Å². The van der Waals surface area contributed by atoms with Crippen LogP contribution in [-0.2, 0) is 11.3 Å². The molecule has 1 aromatic rings. The fourth-order valence-corrected chi connectivity index (χ4v) is 2.51. The molecule has 1 rings (SSSR count). The Morgan fingerprint density at radius 1 is 1.26 bits per heavy atom. The summed E-state index contributed by atoms with van der Waals surface area (Å²) in [4.78, 5) is 12.3. The summed E-state index contributed by atoms with van der Waals surface area (Å²) in [5.41, 5.74) is 1.32. The normalized spacial score (nSPS) is 10.4. The highest BCUT2D eigenvalue weighted by Gasteiger charge is 1.99. The van der Waals surface area contributed by atoms with Gasteiger partial charge in [-0.25, -0.2) is 0 Å². The van der Waals surface area contributed by atoms with Gasteiger partial charge < -0.3 is 10.6 Å². The quantitative estimate of drug-likeness (QED) is 0.540. The Bertz CT molecular complexity index is 365. The number of benzene rings is 1. The Kier molecular flexibility index (Phi) is 8.34. The van der Waals surface area contributed by atoms with Gasteiger partial charge in [0.25, 0.3) is 0 Å². The number of rotatable bonds is 9. The molecule has 0 saturated carbocycles. The van der Waals surface area contributed by atoms with Crippen molar-refractivity contribution in [3.05, 3.63) is 29.8 Å². The summed E-state index contributed by atoms with van der Waals surface area (Å²) < 4.78 is 0. The molecule has 0 spiro atoms. The minimum absolute atomic E-state index is 0.123. The van der Waals surface area contributed by atoms with Gasteiger partial charge in [-0.3, -0.25) is 4.79 Å². The van der Waals surface area contributed by atoms with Crippen LogP contribution in [0.5, 0.6) is 0 Å². The molecule has 0 aromatic heterocycles. The van der Waals surface area contributed by atoms with Crippen molar-refractivity contribution in [2.45, 2.75) is 37.6 Å². The fourth-order valence-electron chi connectivity index (χ4n) is 1.66. The number of thioether (sulfide) groups is 1. The molecular weight excluding hydrogens is 256 g/mol. The fraction of sp³-hybridized carbons (Fsp3) is 0.533. The minimum atomic E-state index is 0.123. The van der Waals surface area contributed by atoms with E-state index >= 15 is 0 Å². The van der Waals surface area contributed by atoms with E-state index in [9.17, 15) is 4.79 Å². The highest BCUT2D eigenvalue weighted by Crippen LogP contribution is 2.19. The van der Waals surface area contributed by atoms with Crippen LogP contribution in [0.25, 0.3) is 0 Å². The molecule has 0 saturated heterocycles. The molecule has 0 unspecified atom stereocenters. The van der Waals surface area contributed by atoms with Gasteiger partial charge in [-0.05, 0) is 42.8 Å². The van der Waals surface area contributed by atoms with Crippen LogP contribution in [0, 0.1) is 0 Å². The maximum Gasteiger partial charge on any atom is 0.219 e. The Balaban J connectivity index is 2.22. The monoisotopic (exact) mass is 280 g/mol. The average molecular weight is 280 g/mol. The third kappa shape index (κ3) is 7.23. The number of carbonyl (C=O) groups excluding carboxylic acids is 1. The van der Waals surface area contributed by atoms with Gasteiger partial charge in [0, 0.05) is 24.9 Å². The van der Waals surface area contributed by atoms with Crippen molar-refractivity contribution in [3.8, 4) is 0 Å². The van der Waals surface area contributed by atoms with E-state index in [4.69, 9.17) is 0 Å². The van der Waals surface area contributed by atoms with Crippen molar-refractivity contribution in [2.24, 2.45) is 0 Å². The highest BCUT2D eigenvalue weighted by molar-refractivity contribution is 7.99. The van der Waals surface area contributed by atoms with Gasteiger partial charge in [-0.1, -0.05) is 19.1 Å². The lowest BCUT2D eigenvalue weighted by atomic mass is 10.2. The van der Waals surface area contributed by atoms with Crippen LogP contribution >= 0.6 is 11.8 Å². The van der Waals surface area contributed by atoms with E-state index in [-0.39, 0.29) is 5.91 Å². The lowest BCUT2D eigenvalue weighted by Crippen LogP contribution is -2.17. The van der Waals surface area contributed by atoms with Gasteiger partial charge in [-0.15, -0.1) is 11.8 Å². The summed E-state index contributed by atoms with van der Waals surface area (Å²) in [5.74, 6) is 1.11. The van der Waals surface area contributed by atoms with E-state index in [1.807, 2.05) is 11.8 Å². The molecule has 0 radical (unpaired) electrons. The minimum Gasteiger partial charge on any atom is -0.359 e. The van der Waals surface area contributed by atoms with E-state index in [1.165, 1.54) is 16.9 Å². The number of amides is 1. The van der Waals surface area contributed by atoms with Gasteiger partial charge in [0.1, 0.15) is 0 Å². The van der Waals surface area contributed by atoms with Gasteiger partial charge >= 0.3 is 0 Å². The molecule has 0 bridgehead atoms. The molecule has 0 fully saturated rings. The third-order valence-electron chi connectivity index (χ3n) is 2.77. The zero-order chi connectivity index (χ0) is 13.9. The molecule has 2 N–H and O–H groups in total. The number of hydrogen-bond acceptors (Lipinski definition) is 3. The van der Waals surface area contributed by atoms with Crippen LogP contribution in [0.1, 0.15) is 31.7 Å². The van der Waals surface area contributed by atoms with Crippen molar-refractivity contribution in [3.63, 3.8) is 0 Å². The van der Waals surface area contributed by atoms with Gasteiger partial charge in [0.2, 0.25) is 5.91 Å². The highest BCUT2D eigenvalue weighted by atomic mass is 32.2. The molecule has 1 amide bonds. The molecule has 0 aliphatic rings. The topological polar surface area (TPSA) is 41.1 Å². The van der Waals surface area contributed by atoms with Crippen molar-refractivity contribution in [2.75, 3.05) is 19.3 Å². The Hall–Kier alpha value is -1.00.